The molecule has 152 valence electrons. The first kappa shape index (κ1) is 19.2. The highest BCUT2D eigenvalue weighted by Gasteiger charge is 2.46. The van der Waals surface area contributed by atoms with Gasteiger partial charge in [0, 0.05) is 16.2 Å². The number of hydrogen-bond donors (Lipinski definition) is 0. The number of nitrogens with zero attached hydrogens (tertiary/aromatic N) is 1. The van der Waals surface area contributed by atoms with Crippen molar-refractivity contribution < 1.29 is 0 Å². The van der Waals surface area contributed by atoms with Crippen molar-refractivity contribution in [3.63, 3.8) is 0 Å². The molecule has 6 rings (SSSR count). The minimum atomic E-state index is -0.365. The molecular weight excluding hydrogens is 454 g/mol. The molecule has 0 spiro atoms. The lowest BCUT2D eigenvalue weighted by atomic mass is 9.67. The molecule has 1 heterocycles. The SMILES string of the molecule is Brc1ccc2c(c1)-c1cc(-c3ccccn3)ccc1C2(c1ccccc1)c1ccccc1. The van der Waals surface area contributed by atoms with Gasteiger partial charge in [-0.2, -0.15) is 0 Å². The first-order valence-corrected chi connectivity index (χ1v) is 11.5. The topological polar surface area (TPSA) is 12.9 Å². The van der Waals surface area contributed by atoms with Gasteiger partial charge in [0.25, 0.3) is 0 Å². The monoisotopic (exact) mass is 473 g/mol. The molecule has 0 aliphatic heterocycles. The van der Waals surface area contributed by atoms with Gasteiger partial charge in [-0.05, 0) is 63.7 Å². The van der Waals surface area contributed by atoms with Gasteiger partial charge in [-0.1, -0.05) is 101 Å². The summed E-state index contributed by atoms with van der Waals surface area (Å²) in [7, 11) is 0. The fraction of sp³-hybridized carbons (Fsp3) is 0.0333. The van der Waals surface area contributed by atoms with Crippen LogP contribution in [0.25, 0.3) is 22.4 Å². The first-order chi connectivity index (χ1) is 15.8. The van der Waals surface area contributed by atoms with Crippen LogP contribution in [0.15, 0.2) is 126 Å². The number of aromatic nitrogens is 1. The third kappa shape index (κ3) is 2.80. The van der Waals surface area contributed by atoms with Crippen LogP contribution >= 0.6 is 15.9 Å². The summed E-state index contributed by atoms with van der Waals surface area (Å²) in [6.45, 7) is 0. The molecular formula is C30H20BrN. The van der Waals surface area contributed by atoms with Crippen LogP contribution in [0.5, 0.6) is 0 Å². The lowest BCUT2D eigenvalue weighted by Crippen LogP contribution is -2.28. The highest BCUT2D eigenvalue weighted by molar-refractivity contribution is 9.10. The smallest absolute Gasteiger partial charge is 0.0713 e. The lowest BCUT2D eigenvalue weighted by molar-refractivity contribution is 0.768. The molecule has 0 amide bonds. The third-order valence-corrected chi connectivity index (χ3v) is 6.97. The number of rotatable bonds is 3. The average molecular weight is 474 g/mol. The second kappa shape index (κ2) is 7.58. The molecule has 5 aromatic rings. The summed E-state index contributed by atoms with van der Waals surface area (Å²) in [5.41, 5.74) is 9.46. The Hall–Kier alpha value is -3.49. The van der Waals surface area contributed by atoms with Gasteiger partial charge in [0.1, 0.15) is 0 Å². The Balaban J connectivity index is 1.73. The summed E-state index contributed by atoms with van der Waals surface area (Å²) in [5, 5.41) is 0. The lowest BCUT2D eigenvalue weighted by Gasteiger charge is -2.33. The highest BCUT2D eigenvalue weighted by Crippen LogP contribution is 2.56. The Morgan fingerprint density at radius 2 is 1.16 bits per heavy atom. The number of pyridine rings is 1. The summed E-state index contributed by atoms with van der Waals surface area (Å²) in [4.78, 5) is 4.59. The van der Waals surface area contributed by atoms with Gasteiger partial charge in [0.05, 0.1) is 11.1 Å². The molecule has 1 aromatic heterocycles. The number of fused-ring (bicyclic) bond motifs is 3. The van der Waals surface area contributed by atoms with Crippen LogP contribution in [0.3, 0.4) is 0 Å². The van der Waals surface area contributed by atoms with E-state index in [9.17, 15) is 0 Å². The fourth-order valence-electron chi connectivity index (χ4n) is 5.16. The minimum Gasteiger partial charge on any atom is -0.256 e. The molecule has 4 aromatic carbocycles. The Morgan fingerprint density at radius 3 is 1.78 bits per heavy atom. The van der Waals surface area contributed by atoms with E-state index in [4.69, 9.17) is 0 Å². The number of halogens is 1. The van der Waals surface area contributed by atoms with Crippen LogP contribution in [-0.2, 0) is 5.41 Å². The Morgan fingerprint density at radius 1 is 0.562 bits per heavy atom. The summed E-state index contributed by atoms with van der Waals surface area (Å²) in [6, 6.07) is 41.3. The third-order valence-electron chi connectivity index (χ3n) is 6.47. The molecule has 1 nitrogen and oxygen atoms in total. The number of hydrogen-bond acceptors (Lipinski definition) is 1. The minimum absolute atomic E-state index is 0.365. The molecule has 0 atom stereocenters. The van der Waals surface area contributed by atoms with Gasteiger partial charge >= 0.3 is 0 Å². The van der Waals surface area contributed by atoms with Crippen molar-refractivity contribution in [3.8, 4) is 22.4 Å². The van der Waals surface area contributed by atoms with Crippen molar-refractivity contribution in [2.24, 2.45) is 0 Å². The quantitative estimate of drug-likeness (QED) is 0.254. The van der Waals surface area contributed by atoms with Crippen molar-refractivity contribution in [1.29, 1.82) is 0 Å². The summed E-state index contributed by atoms with van der Waals surface area (Å²) in [6.07, 6.45) is 1.85. The molecule has 1 aliphatic rings. The van der Waals surface area contributed by atoms with E-state index in [-0.39, 0.29) is 5.41 Å². The van der Waals surface area contributed by atoms with Crippen LogP contribution in [-0.4, -0.2) is 4.98 Å². The molecule has 2 heteroatoms. The van der Waals surface area contributed by atoms with Crippen LogP contribution in [0.2, 0.25) is 0 Å². The van der Waals surface area contributed by atoms with Crippen LogP contribution in [0, 0.1) is 0 Å². The maximum atomic E-state index is 4.59. The van der Waals surface area contributed by atoms with Gasteiger partial charge in [-0.15, -0.1) is 0 Å². The second-order valence-electron chi connectivity index (χ2n) is 8.15. The van der Waals surface area contributed by atoms with Crippen LogP contribution in [0.4, 0.5) is 0 Å². The van der Waals surface area contributed by atoms with Crippen molar-refractivity contribution in [2.75, 3.05) is 0 Å². The van der Waals surface area contributed by atoms with Crippen LogP contribution in [0.1, 0.15) is 22.3 Å². The van der Waals surface area contributed by atoms with E-state index in [2.05, 4.69) is 124 Å². The van der Waals surface area contributed by atoms with Crippen molar-refractivity contribution in [1.82, 2.24) is 4.98 Å². The molecule has 0 radical (unpaired) electrons. The maximum absolute atomic E-state index is 4.59. The van der Waals surface area contributed by atoms with Crippen molar-refractivity contribution in [3.05, 3.63) is 148 Å². The van der Waals surface area contributed by atoms with E-state index in [1.54, 1.807) is 0 Å². The van der Waals surface area contributed by atoms with Crippen molar-refractivity contribution >= 4 is 15.9 Å². The van der Waals surface area contributed by atoms with Crippen LogP contribution < -0.4 is 0 Å². The predicted octanol–water partition coefficient (Wildman–Crippen LogP) is 7.87. The van der Waals surface area contributed by atoms with E-state index in [0.717, 1.165) is 15.7 Å². The summed E-state index contributed by atoms with van der Waals surface area (Å²) < 4.78 is 1.09. The maximum Gasteiger partial charge on any atom is 0.0713 e. The Kier molecular flexibility index (Phi) is 4.55. The largest absolute Gasteiger partial charge is 0.256 e. The molecule has 0 unspecified atom stereocenters. The molecule has 1 aliphatic carbocycles. The van der Waals surface area contributed by atoms with Crippen molar-refractivity contribution in [2.45, 2.75) is 5.41 Å². The fourth-order valence-corrected chi connectivity index (χ4v) is 5.52. The molecule has 0 N–H and O–H groups in total. The van der Waals surface area contributed by atoms with E-state index < -0.39 is 0 Å². The zero-order chi connectivity index (χ0) is 21.5. The zero-order valence-corrected chi connectivity index (χ0v) is 19.0. The number of benzene rings is 4. The first-order valence-electron chi connectivity index (χ1n) is 10.8. The van der Waals surface area contributed by atoms with Gasteiger partial charge in [-0.25, -0.2) is 0 Å². The average Bonchev–Trinajstić information content (AvgIpc) is 3.15. The Labute approximate surface area is 196 Å². The second-order valence-corrected chi connectivity index (χ2v) is 9.06. The normalized spacial score (nSPS) is 13.4. The van der Waals surface area contributed by atoms with Gasteiger partial charge in [-0.3, -0.25) is 4.98 Å². The molecule has 32 heavy (non-hydrogen) atoms. The van der Waals surface area contributed by atoms with E-state index in [1.165, 1.54) is 33.4 Å². The standard InChI is InChI=1S/C30H20BrN/c31-24-15-17-28-26(20-24)25-19-21(29-13-7-8-18-32-29)14-16-27(25)30(28,22-9-3-1-4-10-22)23-11-5-2-6-12-23/h1-20H. The molecule has 0 fully saturated rings. The van der Waals surface area contributed by atoms with E-state index in [1.807, 2.05) is 18.3 Å². The summed E-state index contributed by atoms with van der Waals surface area (Å²) in [5.74, 6) is 0. The van der Waals surface area contributed by atoms with E-state index >= 15 is 0 Å². The summed E-state index contributed by atoms with van der Waals surface area (Å²) >= 11 is 3.72. The molecule has 0 bridgehead atoms. The highest BCUT2D eigenvalue weighted by atomic mass is 79.9. The predicted molar refractivity (Wildman–Crippen MR) is 135 cm³/mol. The van der Waals surface area contributed by atoms with Gasteiger partial charge in [0.15, 0.2) is 0 Å². The Bertz CT molecular complexity index is 1370. The van der Waals surface area contributed by atoms with Gasteiger partial charge in [0.2, 0.25) is 0 Å². The van der Waals surface area contributed by atoms with Gasteiger partial charge < -0.3 is 0 Å². The molecule has 0 saturated carbocycles. The van der Waals surface area contributed by atoms with E-state index in [0.29, 0.717) is 0 Å². The zero-order valence-electron chi connectivity index (χ0n) is 17.4. The molecule has 0 saturated heterocycles.